The number of hydrogen-bond acceptors (Lipinski definition) is 3. The van der Waals surface area contributed by atoms with E-state index in [1.165, 1.54) is 5.56 Å². The van der Waals surface area contributed by atoms with Gasteiger partial charge in [-0.25, -0.2) is 4.98 Å². The molecule has 114 valence electrons. The molecule has 2 heterocycles. The van der Waals surface area contributed by atoms with Crippen LogP contribution in [0.2, 0.25) is 0 Å². The molecule has 0 aliphatic heterocycles. The predicted octanol–water partition coefficient (Wildman–Crippen LogP) is 3.56. The van der Waals surface area contributed by atoms with Crippen molar-refractivity contribution in [3.63, 3.8) is 0 Å². The summed E-state index contributed by atoms with van der Waals surface area (Å²) in [5.74, 6) is 0.368. The van der Waals surface area contributed by atoms with Gasteiger partial charge in [0.1, 0.15) is 0 Å². The number of aromatic nitrogens is 3. The summed E-state index contributed by atoms with van der Waals surface area (Å²) < 4.78 is 12.4. The molecule has 1 unspecified atom stereocenters. The Hall–Kier alpha value is -2.01. The first-order valence-electron chi connectivity index (χ1n) is 7.22. The van der Waals surface area contributed by atoms with Crippen LogP contribution in [-0.2, 0) is 22.0 Å². The molecule has 0 aliphatic carbocycles. The molecule has 0 saturated heterocycles. The van der Waals surface area contributed by atoms with Gasteiger partial charge in [-0.05, 0) is 35.2 Å². The van der Waals surface area contributed by atoms with Crippen molar-refractivity contribution in [2.45, 2.75) is 37.1 Å². The fourth-order valence-electron chi connectivity index (χ4n) is 2.25. The largest absolute Gasteiger partial charge is 0.331 e. The van der Waals surface area contributed by atoms with Gasteiger partial charge in [-0.15, -0.1) is 0 Å². The van der Waals surface area contributed by atoms with E-state index in [2.05, 4.69) is 47.9 Å². The number of nitrogens with zero attached hydrogens (tertiary/aromatic N) is 2. The maximum Gasteiger partial charge on any atom is 0.197 e. The number of H-pyrrole nitrogens is 1. The third-order valence-electron chi connectivity index (χ3n) is 3.55. The normalized spacial score (nSPS) is 13.4. The van der Waals surface area contributed by atoms with Crippen LogP contribution >= 0.6 is 0 Å². The van der Waals surface area contributed by atoms with E-state index in [0.29, 0.717) is 10.9 Å². The zero-order valence-electron chi connectivity index (χ0n) is 13.0. The minimum Gasteiger partial charge on any atom is -0.331 e. The molecule has 2 aromatic heterocycles. The lowest BCUT2D eigenvalue weighted by Gasteiger charge is -2.18. The van der Waals surface area contributed by atoms with E-state index < -0.39 is 10.8 Å². The van der Waals surface area contributed by atoms with Gasteiger partial charge in [0, 0.05) is 6.20 Å². The van der Waals surface area contributed by atoms with Crippen molar-refractivity contribution in [3.05, 3.63) is 53.9 Å². The van der Waals surface area contributed by atoms with Crippen molar-refractivity contribution in [1.29, 1.82) is 0 Å². The summed E-state index contributed by atoms with van der Waals surface area (Å²) in [6.45, 7) is 6.51. The van der Waals surface area contributed by atoms with E-state index in [-0.39, 0.29) is 5.41 Å². The topological polar surface area (TPSA) is 58.6 Å². The molecular weight excluding hydrogens is 294 g/mol. The molecule has 0 spiro atoms. The number of rotatable bonds is 3. The summed E-state index contributed by atoms with van der Waals surface area (Å²) >= 11 is 0. The fourth-order valence-corrected chi connectivity index (χ4v) is 3.25. The van der Waals surface area contributed by atoms with Gasteiger partial charge in [0.05, 0.1) is 33.3 Å². The summed E-state index contributed by atoms with van der Waals surface area (Å²) in [4.78, 5) is 11.8. The van der Waals surface area contributed by atoms with E-state index in [0.717, 1.165) is 16.7 Å². The summed E-state index contributed by atoms with van der Waals surface area (Å²) in [6.07, 6.45) is 1.71. The van der Waals surface area contributed by atoms with E-state index in [9.17, 15) is 4.21 Å². The van der Waals surface area contributed by atoms with Gasteiger partial charge >= 0.3 is 0 Å². The van der Waals surface area contributed by atoms with E-state index in [4.69, 9.17) is 0 Å². The number of imidazole rings is 1. The molecule has 5 heteroatoms. The number of benzene rings is 1. The number of aromatic amines is 1. The van der Waals surface area contributed by atoms with Crippen LogP contribution in [0.25, 0.3) is 11.0 Å². The lowest BCUT2D eigenvalue weighted by atomic mass is 9.87. The Morgan fingerprint density at radius 2 is 2.00 bits per heavy atom. The lowest BCUT2D eigenvalue weighted by Crippen LogP contribution is -2.10. The highest BCUT2D eigenvalue weighted by Gasteiger charge is 2.16. The van der Waals surface area contributed by atoms with Crippen LogP contribution in [0.4, 0.5) is 0 Å². The van der Waals surface area contributed by atoms with Crippen molar-refractivity contribution in [3.8, 4) is 0 Å². The van der Waals surface area contributed by atoms with Crippen molar-refractivity contribution >= 4 is 21.8 Å². The molecule has 0 saturated carbocycles. The van der Waals surface area contributed by atoms with Gasteiger partial charge in [0.25, 0.3) is 0 Å². The van der Waals surface area contributed by atoms with E-state index in [1.807, 2.05) is 24.3 Å². The first-order chi connectivity index (χ1) is 10.4. The Balaban J connectivity index is 1.90. The molecule has 0 amide bonds. The van der Waals surface area contributed by atoms with Crippen molar-refractivity contribution in [2.24, 2.45) is 0 Å². The SMILES string of the molecule is CC(C)(C)c1ccc2nc(S(=O)Cc3ccccn3)[nH]c2c1. The van der Waals surface area contributed by atoms with Crippen LogP contribution in [0.15, 0.2) is 47.8 Å². The van der Waals surface area contributed by atoms with Crippen LogP contribution in [0.5, 0.6) is 0 Å². The second-order valence-corrected chi connectivity index (χ2v) is 7.70. The van der Waals surface area contributed by atoms with Crippen molar-refractivity contribution in [1.82, 2.24) is 15.0 Å². The Morgan fingerprint density at radius 1 is 1.18 bits per heavy atom. The maximum atomic E-state index is 12.4. The van der Waals surface area contributed by atoms with Crippen LogP contribution in [-0.4, -0.2) is 19.2 Å². The minimum absolute atomic E-state index is 0.0760. The monoisotopic (exact) mass is 313 g/mol. The molecule has 0 fully saturated rings. The second-order valence-electron chi connectivity index (χ2n) is 6.33. The average Bonchev–Trinajstić information content (AvgIpc) is 2.90. The Bertz CT molecular complexity index is 819. The molecule has 1 N–H and O–H groups in total. The lowest BCUT2D eigenvalue weighted by molar-refractivity contribution is 0.591. The summed E-state index contributed by atoms with van der Waals surface area (Å²) in [6, 6.07) is 11.8. The van der Waals surface area contributed by atoms with Crippen molar-refractivity contribution in [2.75, 3.05) is 0 Å². The van der Waals surface area contributed by atoms with Gasteiger partial charge in [0.2, 0.25) is 0 Å². The Labute approximate surface area is 132 Å². The zero-order valence-corrected chi connectivity index (χ0v) is 13.8. The smallest absolute Gasteiger partial charge is 0.197 e. The average molecular weight is 313 g/mol. The van der Waals surface area contributed by atoms with Crippen molar-refractivity contribution < 1.29 is 4.21 Å². The van der Waals surface area contributed by atoms with Gasteiger partial charge in [-0.3, -0.25) is 9.19 Å². The van der Waals surface area contributed by atoms with E-state index in [1.54, 1.807) is 6.20 Å². The highest BCUT2D eigenvalue weighted by Crippen LogP contribution is 2.25. The Morgan fingerprint density at radius 3 is 2.68 bits per heavy atom. The predicted molar refractivity (Wildman–Crippen MR) is 89.1 cm³/mol. The van der Waals surface area contributed by atoms with Gasteiger partial charge in [-0.2, -0.15) is 0 Å². The maximum absolute atomic E-state index is 12.4. The van der Waals surface area contributed by atoms with Gasteiger partial charge in [0.15, 0.2) is 5.16 Å². The molecular formula is C17H19N3OS. The van der Waals surface area contributed by atoms with Crippen LogP contribution in [0.3, 0.4) is 0 Å². The standard InChI is InChI=1S/C17H19N3OS/c1-17(2,3)12-7-8-14-15(10-12)20-16(19-14)22(21)11-13-6-4-5-9-18-13/h4-10H,11H2,1-3H3,(H,19,20). The van der Waals surface area contributed by atoms with Crippen LogP contribution in [0.1, 0.15) is 32.0 Å². The summed E-state index contributed by atoms with van der Waals surface area (Å²) in [5, 5.41) is 0.506. The quantitative estimate of drug-likeness (QED) is 0.804. The second kappa shape index (κ2) is 5.65. The van der Waals surface area contributed by atoms with E-state index >= 15 is 0 Å². The molecule has 1 aromatic carbocycles. The number of nitrogens with one attached hydrogen (secondary N) is 1. The third-order valence-corrected chi connectivity index (χ3v) is 4.73. The third kappa shape index (κ3) is 3.09. The molecule has 1 atom stereocenters. The summed E-state index contributed by atoms with van der Waals surface area (Å²) in [5.41, 5.74) is 3.88. The highest BCUT2D eigenvalue weighted by molar-refractivity contribution is 7.84. The fraction of sp³-hybridized carbons (Fsp3) is 0.294. The molecule has 0 radical (unpaired) electrons. The first-order valence-corrected chi connectivity index (χ1v) is 8.54. The van der Waals surface area contributed by atoms with Gasteiger partial charge in [-0.1, -0.05) is 32.9 Å². The number of fused-ring (bicyclic) bond motifs is 1. The molecule has 0 aliphatic rings. The molecule has 0 bridgehead atoms. The highest BCUT2D eigenvalue weighted by atomic mass is 32.2. The van der Waals surface area contributed by atoms with Crippen LogP contribution < -0.4 is 0 Å². The molecule has 3 rings (SSSR count). The number of hydrogen-bond donors (Lipinski definition) is 1. The molecule has 22 heavy (non-hydrogen) atoms. The minimum atomic E-state index is -1.22. The summed E-state index contributed by atoms with van der Waals surface area (Å²) in [7, 11) is -1.22. The first kappa shape index (κ1) is 14.9. The van der Waals surface area contributed by atoms with Gasteiger partial charge < -0.3 is 4.98 Å². The number of pyridine rings is 1. The van der Waals surface area contributed by atoms with Crippen LogP contribution in [0, 0.1) is 0 Å². The Kier molecular flexibility index (Phi) is 3.83. The zero-order chi connectivity index (χ0) is 15.7. The molecule has 3 aromatic rings. The molecule has 4 nitrogen and oxygen atoms in total.